The number of hydrogen-bond donors (Lipinski definition) is 0. The Hall–Kier alpha value is -2.83. The maximum absolute atomic E-state index is 13.3. The monoisotopic (exact) mass is 592 g/mol. The molecule has 2 aromatic carbocycles. The van der Waals surface area contributed by atoms with Crippen LogP contribution in [-0.2, 0) is 0 Å². The molecule has 1 atom stereocenters. The third-order valence-corrected chi connectivity index (χ3v) is 5.98. The molecule has 0 spiro atoms. The maximum atomic E-state index is 13.3. The van der Waals surface area contributed by atoms with Crippen molar-refractivity contribution in [2.45, 2.75) is 6.04 Å². The normalized spacial score (nSPS) is 14.4. The largest absolute Gasteiger partial charge is 0.345 e. The van der Waals surface area contributed by atoms with Gasteiger partial charge in [0, 0.05) is 33.4 Å². The third kappa shape index (κ3) is 6.86. The molecule has 0 N–H and O–H groups in total. The van der Waals surface area contributed by atoms with Gasteiger partial charge in [-0.2, -0.15) is 15.5 Å². The Morgan fingerprint density at radius 3 is 2.31 bits per heavy atom. The molecule has 1 aromatic heterocycles. The first-order chi connectivity index (χ1) is 16.9. The second kappa shape index (κ2) is 12.8. The van der Waals surface area contributed by atoms with Crippen molar-refractivity contribution >= 4 is 68.2 Å². The molecule has 4 rings (SSSR count). The lowest BCUT2D eigenvalue weighted by molar-refractivity contribution is 0.209. The smallest absolute Gasteiger partial charge is 0.279 e. The topological polar surface area (TPSA) is 77.5 Å². The minimum Gasteiger partial charge on any atom is -0.279 e. The highest BCUT2D eigenvalue weighted by atomic mass is 79.9. The Morgan fingerprint density at radius 1 is 1.20 bits per heavy atom. The first-order valence-electron chi connectivity index (χ1n) is 10.3. The second-order valence-electron chi connectivity index (χ2n) is 7.17. The van der Waals surface area contributed by atoms with Crippen LogP contribution in [0.2, 0.25) is 10.0 Å². The SMILES string of the molecule is C=CCCl.N#CCN(C(=O)N1CC(n2cc(Br)cn2)C(c2ccc(Cl)cc2)=N1)c1ccc(Cl)cc1. The number of halogens is 4. The van der Waals surface area contributed by atoms with Gasteiger partial charge in [0.15, 0.2) is 0 Å². The van der Waals surface area contributed by atoms with Crippen LogP contribution < -0.4 is 4.90 Å². The lowest BCUT2D eigenvalue weighted by Gasteiger charge is -2.24. The fourth-order valence-electron chi connectivity index (χ4n) is 3.27. The zero-order valence-corrected chi connectivity index (χ0v) is 22.2. The average molecular weight is 595 g/mol. The zero-order chi connectivity index (χ0) is 25.4. The number of amides is 2. The third-order valence-electron chi connectivity index (χ3n) is 4.85. The van der Waals surface area contributed by atoms with Crippen LogP contribution in [-0.4, -0.2) is 45.5 Å². The molecule has 2 heterocycles. The van der Waals surface area contributed by atoms with Gasteiger partial charge < -0.3 is 0 Å². The predicted molar refractivity (Wildman–Crippen MR) is 144 cm³/mol. The van der Waals surface area contributed by atoms with Gasteiger partial charge in [-0.15, -0.1) is 18.2 Å². The fourth-order valence-corrected chi connectivity index (χ4v) is 3.83. The van der Waals surface area contributed by atoms with E-state index in [9.17, 15) is 10.1 Å². The van der Waals surface area contributed by atoms with E-state index in [0.717, 1.165) is 10.0 Å². The number of anilines is 1. The summed E-state index contributed by atoms with van der Waals surface area (Å²) in [6.07, 6.45) is 5.15. The standard InChI is InChI=1S/C21H15BrCl2N6O.C3H5Cl/c22-15-11-26-29(12-15)19-13-30(27-20(19)14-1-3-16(23)4-2-14)21(31)28(10-9-25)18-7-5-17(24)6-8-18;1-2-3-4/h1-8,11-12,19H,10,13H2;2H,1,3H2. The number of rotatable bonds is 5. The minimum atomic E-state index is -0.413. The summed E-state index contributed by atoms with van der Waals surface area (Å²) < 4.78 is 2.57. The highest BCUT2D eigenvalue weighted by molar-refractivity contribution is 9.10. The summed E-state index contributed by atoms with van der Waals surface area (Å²) in [4.78, 5) is 14.7. The Balaban J connectivity index is 0.000000795. The first-order valence-corrected chi connectivity index (χ1v) is 12.4. The van der Waals surface area contributed by atoms with Gasteiger partial charge in [-0.1, -0.05) is 41.4 Å². The first kappa shape index (κ1) is 26.8. The van der Waals surface area contributed by atoms with Crippen molar-refractivity contribution < 1.29 is 4.79 Å². The Kier molecular flexibility index (Phi) is 9.75. The van der Waals surface area contributed by atoms with Gasteiger partial charge in [-0.3, -0.25) is 9.58 Å². The van der Waals surface area contributed by atoms with Crippen molar-refractivity contribution in [1.29, 1.82) is 5.26 Å². The van der Waals surface area contributed by atoms with Gasteiger partial charge in [0.25, 0.3) is 0 Å². The van der Waals surface area contributed by atoms with Crippen molar-refractivity contribution in [2.75, 3.05) is 23.9 Å². The van der Waals surface area contributed by atoms with E-state index in [4.69, 9.17) is 34.8 Å². The van der Waals surface area contributed by atoms with E-state index < -0.39 is 6.03 Å². The number of nitrogens with zero attached hydrogens (tertiary/aromatic N) is 6. The van der Waals surface area contributed by atoms with Crippen molar-refractivity contribution in [3.63, 3.8) is 0 Å². The molecule has 3 aromatic rings. The number of nitriles is 1. The molecule has 1 unspecified atom stereocenters. The van der Waals surface area contributed by atoms with E-state index in [1.54, 1.807) is 53.4 Å². The summed E-state index contributed by atoms with van der Waals surface area (Å²) in [7, 11) is 0. The van der Waals surface area contributed by atoms with Crippen LogP contribution in [0, 0.1) is 11.3 Å². The summed E-state index contributed by atoms with van der Waals surface area (Å²) in [5.74, 6) is 0.556. The number of aromatic nitrogens is 2. The molecule has 7 nitrogen and oxygen atoms in total. The van der Waals surface area contributed by atoms with E-state index in [1.807, 2.05) is 24.4 Å². The average Bonchev–Trinajstić information content (AvgIpc) is 3.50. The van der Waals surface area contributed by atoms with Gasteiger partial charge in [0.1, 0.15) is 12.6 Å². The van der Waals surface area contributed by atoms with E-state index in [1.165, 1.54) is 9.91 Å². The van der Waals surface area contributed by atoms with Crippen LogP contribution in [0.3, 0.4) is 0 Å². The molecule has 0 aliphatic carbocycles. The number of hydrogen-bond acceptors (Lipinski definition) is 4. The molecule has 2 amide bonds. The molecule has 0 bridgehead atoms. The van der Waals surface area contributed by atoms with Gasteiger partial charge in [-0.05, 0) is 52.3 Å². The summed E-state index contributed by atoms with van der Waals surface area (Å²) in [5, 5.41) is 20.8. The summed E-state index contributed by atoms with van der Waals surface area (Å²) >= 11 is 20.5. The van der Waals surface area contributed by atoms with Crippen LogP contribution in [0.15, 0.2) is 83.2 Å². The highest BCUT2D eigenvalue weighted by Crippen LogP contribution is 2.28. The van der Waals surface area contributed by atoms with Crippen molar-refractivity contribution in [3.8, 4) is 6.07 Å². The van der Waals surface area contributed by atoms with Gasteiger partial charge in [0.2, 0.25) is 0 Å². The Labute approximate surface area is 226 Å². The predicted octanol–water partition coefficient (Wildman–Crippen LogP) is 6.77. The number of benzene rings is 2. The van der Waals surface area contributed by atoms with E-state index in [0.29, 0.717) is 27.3 Å². The van der Waals surface area contributed by atoms with Crippen LogP contribution in [0.1, 0.15) is 11.6 Å². The van der Waals surface area contributed by atoms with E-state index >= 15 is 0 Å². The number of carbonyl (C=O) groups is 1. The second-order valence-corrected chi connectivity index (χ2v) is 9.27. The van der Waals surface area contributed by atoms with Crippen molar-refractivity contribution in [1.82, 2.24) is 14.8 Å². The minimum absolute atomic E-state index is 0.124. The Bertz CT molecular complexity index is 1240. The number of alkyl halides is 1. The highest BCUT2D eigenvalue weighted by Gasteiger charge is 2.35. The summed E-state index contributed by atoms with van der Waals surface area (Å²) in [6, 6.07) is 15.3. The summed E-state index contributed by atoms with van der Waals surface area (Å²) in [6.45, 7) is 3.49. The van der Waals surface area contributed by atoms with E-state index in [2.05, 4.69) is 32.7 Å². The molecule has 0 saturated heterocycles. The molecule has 0 saturated carbocycles. The van der Waals surface area contributed by atoms with Crippen LogP contribution >= 0.6 is 50.7 Å². The molecular weight excluding hydrogens is 575 g/mol. The fraction of sp³-hybridized carbons (Fsp3) is 0.167. The molecular formula is C24H20BrCl3N6O. The number of urea groups is 1. The molecule has 1 aliphatic rings. The van der Waals surface area contributed by atoms with Gasteiger partial charge >= 0.3 is 6.03 Å². The number of carbonyl (C=O) groups excluding carboxylic acids is 1. The maximum Gasteiger partial charge on any atom is 0.345 e. The van der Waals surface area contributed by atoms with Crippen LogP contribution in [0.5, 0.6) is 0 Å². The molecule has 35 heavy (non-hydrogen) atoms. The quantitative estimate of drug-likeness (QED) is 0.186. The zero-order valence-electron chi connectivity index (χ0n) is 18.4. The number of allylic oxidation sites excluding steroid dienone is 1. The molecule has 180 valence electrons. The molecule has 1 aliphatic heterocycles. The van der Waals surface area contributed by atoms with Crippen molar-refractivity contribution in [3.05, 3.63) is 93.7 Å². The summed E-state index contributed by atoms with van der Waals surface area (Å²) in [5.41, 5.74) is 2.06. The molecule has 0 fully saturated rings. The van der Waals surface area contributed by atoms with Crippen LogP contribution in [0.25, 0.3) is 0 Å². The Morgan fingerprint density at radius 2 is 1.80 bits per heavy atom. The molecule has 0 radical (unpaired) electrons. The number of hydrazone groups is 1. The lowest BCUT2D eigenvalue weighted by atomic mass is 10.0. The van der Waals surface area contributed by atoms with Crippen LogP contribution in [0.4, 0.5) is 10.5 Å². The lowest BCUT2D eigenvalue weighted by Crippen LogP contribution is -2.41. The van der Waals surface area contributed by atoms with Gasteiger partial charge in [-0.25, -0.2) is 9.80 Å². The van der Waals surface area contributed by atoms with E-state index in [-0.39, 0.29) is 19.1 Å². The van der Waals surface area contributed by atoms with Crippen molar-refractivity contribution in [2.24, 2.45) is 5.10 Å². The van der Waals surface area contributed by atoms with Gasteiger partial charge in [0.05, 0.1) is 29.0 Å². The molecule has 11 heteroatoms.